The zero-order chi connectivity index (χ0) is 26.9. The molecule has 2 heterocycles. The van der Waals surface area contributed by atoms with E-state index < -0.39 is 0 Å². The van der Waals surface area contributed by atoms with Crippen molar-refractivity contribution in [2.24, 2.45) is 0 Å². The summed E-state index contributed by atoms with van der Waals surface area (Å²) in [5.74, 6) is 0. The van der Waals surface area contributed by atoms with Crippen LogP contribution in [0.5, 0.6) is 0 Å². The minimum atomic E-state index is 0.417. The normalized spacial score (nSPS) is 11.9. The van der Waals surface area contributed by atoms with Crippen molar-refractivity contribution in [3.63, 3.8) is 0 Å². The van der Waals surface area contributed by atoms with Crippen molar-refractivity contribution in [3.05, 3.63) is 151 Å². The zero-order valence-electron chi connectivity index (χ0n) is 21.6. The third-order valence-corrected chi connectivity index (χ3v) is 7.25. The van der Waals surface area contributed by atoms with Gasteiger partial charge in [0.2, 0.25) is 0 Å². The van der Waals surface area contributed by atoms with Gasteiger partial charge in [0.05, 0.1) is 22.7 Å². The Bertz CT molecular complexity index is 1820. The standard InChI is InChI=1S/C36H24N4/c37-24-30-21-20-29(25-38-30)27-11-8-10-26(22-27)28-12-9-15-32(23-28)40-35-18-6-4-16-33(35)39(31-13-2-1-3-14-31)34-17-5-7-19-36(34)40/h1-23,25H. The number of rotatable bonds is 4. The summed E-state index contributed by atoms with van der Waals surface area (Å²) in [5, 5.41) is 9.10. The smallest absolute Gasteiger partial charge is 0.140 e. The maximum Gasteiger partial charge on any atom is 0.140 e. The molecular weight excluding hydrogens is 488 g/mol. The molecule has 1 aromatic heterocycles. The van der Waals surface area contributed by atoms with Gasteiger partial charge in [0.25, 0.3) is 0 Å². The first-order valence-electron chi connectivity index (χ1n) is 13.2. The van der Waals surface area contributed by atoms with Gasteiger partial charge in [0, 0.05) is 23.1 Å². The molecule has 188 valence electrons. The Hall–Kier alpha value is -5.66. The molecule has 0 fully saturated rings. The van der Waals surface area contributed by atoms with Gasteiger partial charge >= 0.3 is 0 Å². The van der Waals surface area contributed by atoms with E-state index in [9.17, 15) is 0 Å². The Kier molecular flexibility index (Phi) is 5.81. The monoisotopic (exact) mass is 512 g/mol. The lowest BCUT2D eigenvalue weighted by molar-refractivity contribution is 1.17. The van der Waals surface area contributed by atoms with Crippen molar-refractivity contribution in [1.29, 1.82) is 5.26 Å². The highest BCUT2D eigenvalue weighted by Gasteiger charge is 2.29. The van der Waals surface area contributed by atoms with Crippen LogP contribution >= 0.6 is 0 Å². The van der Waals surface area contributed by atoms with E-state index in [-0.39, 0.29) is 0 Å². The Balaban J connectivity index is 1.33. The van der Waals surface area contributed by atoms with Crippen molar-refractivity contribution in [1.82, 2.24) is 4.98 Å². The summed E-state index contributed by atoms with van der Waals surface area (Å²) in [5.41, 5.74) is 11.4. The molecule has 5 aromatic carbocycles. The average Bonchev–Trinajstić information content (AvgIpc) is 3.04. The fraction of sp³-hybridized carbons (Fsp3) is 0. The quantitative estimate of drug-likeness (QED) is 0.235. The molecule has 0 atom stereocenters. The van der Waals surface area contributed by atoms with Crippen LogP contribution in [-0.4, -0.2) is 4.98 Å². The van der Waals surface area contributed by atoms with Crippen molar-refractivity contribution >= 4 is 34.1 Å². The summed E-state index contributed by atoms with van der Waals surface area (Å²) in [6.07, 6.45) is 1.76. The first kappa shape index (κ1) is 23.5. The molecule has 1 aliphatic heterocycles. The highest BCUT2D eigenvalue weighted by atomic mass is 15.3. The molecule has 4 heteroatoms. The second-order valence-corrected chi connectivity index (χ2v) is 9.66. The molecule has 0 N–H and O–H groups in total. The summed E-state index contributed by atoms with van der Waals surface area (Å²) in [7, 11) is 0. The van der Waals surface area contributed by atoms with Gasteiger partial charge in [-0.15, -0.1) is 0 Å². The van der Waals surface area contributed by atoms with Gasteiger partial charge in [0.1, 0.15) is 11.8 Å². The summed E-state index contributed by atoms with van der Waals surface area (Å²) in [6.45, 7) is 0. The topological polar surface area (TPSA) is 43.2 Å². The van der Waals surface area contributed by atoms with Gasteiger partial charge in [-0.1, -0.05) is 72.8 Å². The molecule has 40 heavy (non-hydrogen) atoms. The van der Waals surface area contributed by atoms with Gasteiger partial charge in [0.15, 0.2) is 0 Å². The second kappa shape index (κ2) is 9.90. The number of aromatic nitrogens is 1. The molecule has 0 amide bonds. The predicted molar refractivity (Wildman–Crippen MR) is 163 cm³/mol. The molecule has 0 spiro atoms. The van der Waals surface area contributed by atoms with E-state index in [1.54, 1.807) is 12.3 Å². The maximum atomic E-state index is 9.10. The van der Waals surface area contributed by atoms with Crippen molar-refractivity contribution in [2.45, 2.75) is 0 Å². The van der Waals surface area contributed by atoms with Crippen LogP contribution in [0.25, 0.3) is 22.3 Å². The molecule has 0 unspecified atom stereocenters. The number of fused-ring (bicyclic) bond motifs is 2. The van der Waals surface area contributed by atoms with E-state index in [0.717, 1.165) is 56.4 Å². The molecule has 0 bridgehead atoms. The molecule has 1 aliphatic rings. The van der Waals surface area contributed by atoms with Crippen molar-refractivity contribution in [3.8, 4) is 28.3 Å². The molecule has 4 nitrogen and oxygen atoms in total. The fourth-order valence-corrected chi connectivity index (χ4v) is 5.41. The van der Waals surface area contributed by atoms with Crippen molar-refractivity contribution in [2.75, 3.05) is 9.80 Å². The van der Waals surface area contributed by atoms with E-state index in [0.29, 0.717) is 5.69 Å². The van der Waals surface area contributed by atoms with E-state index >= 15 is 0 Å². The molecule has 0 saturated carbocycles. The molecule has 0 aliphatic carbocycles. The average molecular weight is 513 g/mol. The van der Waals surface area contributed by atoms with Crippen LogP contribution in [0.1, 0.15) is 5.69 Å². The number of anilines is 6. The second-order valence-electron chi connectivity index (χ2n) is 9.66. The van der Waals surface area contributed by atoms with E-state index in [2.05, 4.69) is 148 Å². The van der Waals surface area contributed by atoms with Gasteiger partial charge < -0.3 is 9.80 Å². The van der Waals surface area contributed by atoms with E-state index in [1.165, 1.54) is 0 Å². The minimum absolute atomic E-state index is 0.417. The number of hydrogen-bond acceptors (Lipinski definition) is 4. The Morgan fingerprint density at radius 1 is 0.450 bits per heavy atom. The molecular formula is C36H24N4. The number of benzene rings is 5. The van der Waals surface area contributed by atoms with E-state index in [1.807, 2.05) is 6.07 Å². The minimum Gasteiger partial charge on any atom is -0.306 e. The van der Waals surface area contributed by atoms with Crippen LogP contribution in [0.2, 0.25) is 0 Å². The predicted octanol–water partition coefficient (Wildman–Crippen LogP) is 9.54. The van der Waals surface area contributed by atoms with Crippen LogP contribution in [-0.2, 0) is 0 Å². The number of para-hydroxylation sites is 5. The Morgan fingerprint density at radius 3 is 1.52 bits per heavy atom. The first-order valence-corrected chi connectivity index (χ1v) is 13.2. The summed E-state index contributed by atoms with van der Waals surface area (Å²) >= 11 is 0. The largest absolute Gasteiger partial charge is 0.306 e. The number of nitrogens with zero attached hydrogens (tertiary/aromatic N) is 4. The van der Waals surface area contributed by atoms with Crippen LogP contribution in [0.3, 0.4) is 0 Å². The van der Waals surface area contributed by atoms with Crippen LogP contribution in [0, 0.1) is 11.3 Å². The highest BCUT2D eigenvalue weighted by Crippen LogP contribution is 2.54. The number of nitriles is 1. The van der Waals surface area contributed by atoms with Crippen LogP contribution in [0.15, 0.2) is 146 Å². The summed E-state index contributed by atoms with van der Waals surface area (Å²) < 4.78 is 0. The van der Waals surface area contributed by atoms with Crippen molar-refractivity contribution < 1.29 is 0 Å². The fourth-order valence-electron chi connectivity index (χ4n) is 5.41. The Morgan fingerprint density at radius 2 is 0.950 bits per heavy atom. The number of hydrogen-bond donors (Lipinski definition) is 0. The Labute approximate surface area is 233 Å². The number of pyridine rings is 1. The summed E-state index contributed by atoms with van der Waals surface area (Å²) in [6, 6.07) is 50.6. The molecule has 6 aromatic rings. The van der Waals surface area contributed by atoms with Crippen LogP contribution < -0.4 is 9.80 Å². The van der Waals surface area contributed by atoms with Gasteiger partial charge in [-0.25, -0.2) is 4.98 Å². The van der Waals surface area contributed by atoms with Crippen LogP contribution in [0.4, 0.5) is 34.1 Å². The van der Waals surface area contributed by atoms with Gasteiger partial charge in [-0.3, -0.25) is 0 Å². The first-order chi connectivity index (χ1) is 19.8. The van der Waals surface area contributed by atoms with E-state index in [4.69, 9.17) is 5.26 Å². The SMILES string of the molecule is N#Cc1ccc(-c2cccc(-c3cccc(N4c5ccccc5N(c5ccccc5)c5ccccc54)c3)c2)cn1. The lowest BCUT2D eigenvalue weighted by atomic mass is 9.98. The third kappa shape index (κ3) is 4.07. The lowest BCUT2D eigenvalue weighted by Crippen LogP contribution is -2.23. The van der Waals surface area contributed by atoms with Gasteiger partial charge in [-0.05, 0) is 83.4 Å². The third-order valence-electron chi connectivity index (χ3n) is 7.25. The maximum absolute atomic E-state index is 9.10. The lowest BCUT2D eigenvalue weighted by Gasteiger charge is -2.40. The highest BCUT2D eigenvalue weighted by molar-refractivity contribution is 6.01. The molecule has 0 saturated heterocycles. The molecule has 0 radical (unpaired) electrons. The van der Waals surface area contributed by atoms with Gasteiger partial charge in [-0.2, -0.15) is 5.26 Å². The zero-order valence-corrected chi connectivity index (χ0v) is 21.6. The summed E-state index contributed by atoms with van der Waals surface area (Å²) in [4.78, 5) is 8.93. The molecule has 7 rings (SSSR count).